The summed E-state index contributed by atoms with van der Waals surface area (Å²) in [7, 11) is 0. The first kappa shape index (κ1) is 19.4. The Morgan fingerprint density at radius 1 is 1.28 bits per heavy atom. The van der Waals surface area contributed by atoms with Gasteiger partial charge in [-0.2, -0.15) is 0 Å². The maximum atomic E-state index is 12.0. The Hall–Kier alpha value is -1.93. The number of carbonyl (C=O) groups excluding carboxylic acids is 2. The Kier molecular flexibility index (Phi) is 7.87. The van der Waals surface area contributed by atoms with Crippen LogP contribution < -0.4 is 10.6 Å². The second-order valence-electron chi connectivity index (χ2n) is 5.28. The molecular formula is C17H21N3O3S2. The molecule has 1 aromatic carbocycles. The SMILES string of the molecule is Cc1cc(NC(=O)[C@@H](C)SCC(=O)NCCSc2ccccc2)no1. The zero-order chi connectivity index (χ0) is 18.1. The normalized spacial score (nSPS) is 11.8. The van der Waals surface area contributed by atoms with E-state index in [1.807, 2.05) is 30.3 Å². The molecule has 0 saturated heterocycles. The number of nitrogens with zero attached hydrogens (tertiary/aromatic N) is 1. The molecule has 1 atom stereocenters. The topological polar surface area (TPSA) is 84.2 Å². The van der Waals surface area contributed by atoms with Crippen LogP contribution in [0.2, 0.25) is 0 Å². The van der Waals surface area contributed by atoms with Crippen molar-refractivity contribution in [2.24, 2.45) is 0 Å². The molecule has 2 amide bonds. The Morgan fingerprint density at radius 3 is 2.72 bits per heavy atom. The van der Waals surface area contributed by atoms with Gasteiger partial charge in [-0.05, 0) is 26.0 Å². The Labute approximate surface area is 155 Å². The molecule has 0 aliphatic heterocycles. The third kappa shape index (κ3) is 7.23. The van der Waals surface area contributed by atoms with Gasteiger partial charge in [0.15, 0.2) is 5.82 Å². The van der Waals surface area contributed by atoms with E-state index >= 15 is 0 Å². The number of nitrogens with one attached hydrogen (secondary N) is 2. The average Bonchev–Trinajstić information content (AvgIpc) is 3.02. The van der Waals surface area contributed by atoms with Crippen LogP contribution in [-0.4, -0.2) is 40.3 Å². The van der Waals surface area contributed by atoms with Crippen molar-refractivity contribution >= 4 is 41.2 Å². The maximum absolute atomic E-state index is 12.0. The monoisotopic (exact) mass is 379 g/mol. The minimum atomic E-state index is -0.360. The standard InChI is InChI=1S/C17H21N3O3S2/c1-12-10-15(20-23-12)19-17(22)13(2)25-11-16(21)18-8-9-24-14-6-4-3-5-7-14/h3-7,10,13H,8-9,11H2,1-2H3,(H,18,21)(H,19,20,22)/t13-/m1/s1. The van der Waals surface area contributed by atoms with Crippen LogP contribution in [0.1, 0.15) is 12.7 Å². The van der Waals surface area contributed by atoms with Crippen LogP contribution in [0.25, 0.3) is 0 Å². The van der Waals surface area contributed by atoms with Gasteiger partial charge in [-0.25, -0.2) is 0 Å². The van der Waals surface area contributed by atoms with Crippen molar-refractivity contribution in [2.45, 2.75) is 24.0 Å². The molecule has 0 fully saturated rings. The van der Waals surface area contributed by atoms with Gasteiger partial charge in [0.25, 0.3) is 0 Å². The summed E-state index contributed by atoms with van der Waals surface area (Å²) < 4.78 is 4.89. The van der Waals surface area contributed by atoms with Crippen molar-refractivity contribution in [3.05, 3.63) is 42.2 Å². The molecule has 0 saturated carbocycles. The number of anilines is 1. The van der Waals surface area contributed by atoms with Gasteiger partial charge in [0, 0.05) is 23.3 Å². The summed E-state index contributed by atoms with van der Waals surface area (Å²) in [6, 6.07) is 11.7. The maximum Gasteiger partial charge on any atom is 0.238 e. The lowest BCUT2D eigenvalue weighted by Crippen LogP contribution is -2.30. The van der Waals surface area contributed by atoms with Crippen LogP contribution in [0.4, 0.5) is 5.82 Å². The zero-order valence-electron chi connectivity index (χ0n) is 14.2. The predicted molar refractivity (Wildman–Crippen MR) is 102 cm³/mol. The lowest BCUT2D eigenvalue weighted by atomic mass is 10.4. The van der Waals surface area contributed by atoms with Crippen LogP contribution in [-0.2, 0) is 9.59 Å². The van der Waals surface area contributed by atoms with E-state index in [9.17, 15) is 9.59 Å². The van der Waals surface area contributed by atoms with Crippen LogP contribution in [0.5, 0.6) is 0 Å². The van der Waals surface area contributed by atoms with Gasteiger partial charge in [-0.15, -0.1) is 23.5 Å². The molecule has 2 N–H and O–H groups in total. The number of rotatable bonds is 9. The fourth-order valence-corrected chi connectivity index (χ4v) is 3.36. The van der Waals surface area contributed by atoms with Gasteiger partial charge < -0.3 is 15.2 Å². The molecule has 0 unspecified atom stereocenters. The molecular weight excluding hydrogens is 358 g/mol. The summed E-state index contributed by atoms with van der Waals surface area (Å²) in [6.45, 7) is 4.10. The van der Waals surface area contributed by atoms with Gasteiger partial charge >= 0.3 is 0 Å². The molecule has 0 radical (unpaired) electrons. The summed E-state index contributed by atoms with van der Waals surface area (Å²) in [4.78, 5) is 25.0. The number of hydrogen-bond donors (Lipinski definition) is 2. The Balaban J connectivity index is 1.59. The highest BCUT2D eigenvalue weighted by molar-refractivity contribution is 8.01. The van der Waals surface area contributed by atoms with Crippen molar-refractivity contribution in [3.8, 4) is 0 Å². The van der Waals surface area contributed by atoms with E-state index in [-0.39, 0.29) is 22.8 Å². The summed E-state index contributed by atoms with van der Waals surface area (Å²) >= 11 is 2.98. The lowest BCUT2D eigenvalue weighted by Gasteiger charge is -2.10. The summed E-state index contributed by atoms with van der Waals surface area (Å²) in [5.41, 5.74) is 0. The van der Waals surface area contributed by atoms with Gasteiger partial charge in [-0.1, -0.05) is 23.4 Å². The molecule has 2 aromatic rings. The molecule has 1 aromatic heterocycles. The smallest absolute Gasteiger partial charge is 0.238 e. The molecule has 8 heteroatoms. The molecule has 0 aliphatic rings. The van der Waals surface area contributed by atoms with E-state index in [0.717, 1.165) is 5.75 Å². The third-order valence-electron chi connectivity index (χ3n) is 3.15. The molecule has 6 nitrogen and oxygen atoms in total. The second kappa shape index (κ2) is 10.1. The van der Waals surface area contributed by atoms with Crippen molar-refractivity contribution in [1.82, 2.24) is 10.5 Å². The van der Waals surface area contributed by atoms with Crippen LogP contribution in [0, 0.1) is 6.92 Å². The second-order valence-corrected chi connectivity index (χ2v) is 7.77. The van der Waals surface area contributed by atoms with E-state index in [0.29, 0.717) is 18.1 Å². The molecule has 134 valence electrons. The van der Waals surface area contributed by atoms with Gasteiger partial charge in [0.2, 0.25) is 11.8 Å². The van der Waals surface area contributed by atoms with Crippen molar-refractivity contribution in [2.75, 3.05) is 23.4 Å². The van der Waals surface area contributed by atoms with Gasteiger partial charge in [0.1, 0.15) is 5.76 Å². The summed E-state index contributed by atoms with van der Waals surface area (Å²) in [5, 5.41) is 8.87. The minimum absolute atomic E-state index is 0.0735. The molecule has 0 aliphatic carbocycles. The molecule has 0 spiro atoms. The predicted octanol–water partition coefficient (Wildman–Crippen LogP) is 2.95. The first-order valence-corrected chi connectivity index (χ1v) is 9.88. The molecule has 25 heavy (non-hydrogen) atoms. The van der Waals surface area contributed by atoms with E-state index in [1.54, 1.807) is 31.7 Å². The number of thioether (sulfide) groups is 2. The van der Waals surface area contributed by atoms with Crippen LogP contribution in [0.3, 0.4) is 0 Å². The van der Waals surface area contributed by atoms with Crippen molar-refractivity contribution < 1.29 is 14.1 Å². The van der Waals surface area contributed by atoms with E-state index < -0.39 is 0 Å². The summed E-state index contributed by atoms with van der Waals surface area (Å²) in [6.07, 6.45) is 0. The quantitative estimate of drug-likeness (QED) is 0.515. The molecule has 0 bridgehead atoms. The first-order chi connectivity index (χ1) is 12.0. The van der Waals surface area contributed by atoms with E-state index in [2.05, 4.69) is 15.8 Å². The van der Waals surface area contributed by atoms with Crippen molar-refractivity contribution in [1.29, 1.82) is 0 Å². The molecule has 2 rings (SSSR count). The van der Waals surface area contributed by atoms with Crippen molar-refractivity contribution in [3.63, 3.8) is 0 Å². The number of amides is 2. The highest BCUT2D eigenvalue weighted by Gasteiger charge is 2.16. The number of aryl methyl sites for hydroxylation is 1. The zero-order valence-corrected chi connectivity index (χ0v) is 15.8. The van der Waals surface area contributed by atoms with Crippen LogP contribution in [0.15, 0.2) is 45.8 Å². The Bertz CT molecular complexity index is 691. The fraction of sp³-hybridized carbons (Fsp3) is 0.353. The Morgan fingerprint density at radius 2 is 2.04 bits per heavy atom. The number of hydrogen-bond acceptors (Lipinski definition) is 6. The van der Waals surface area contributed by atoms with Gasteiger partial charge in [-0.3, -0.25) is 9.59 Å². The highest BCUT2D eigenvalue weighted by Crippen LogP contribution is 2.16. The fourth-order valence-electron chi connectivity index (χ4n) is 1.86. The average molecular weight is 380 g/mol. The minimum Gasteiger partial charge on any atom is -0.360 e. The first-order valence-electron chi connectivity index (χ1n) is 7.85. The van der Waals surface area contributed by atoms with E-state index in [4.69, 9.17) is 4.52 Å². The largest absolute Gasteiger partial charge is 0.360 e. The highest BCUT2D eigenvalue weighted by atomic mass is 32.2. The number of aromatic nitrogens is 1. The summed E-state index contributed by atoms with van der Waals surface area (Å²) in [5.74, 6) is 1.78. The molecule has 1 heterocycles. The van der Waals surface area contributed by atoms with E-state index in [1.165, 1.54) is 16.7 Å². The van der Waals surface area contributed by atoms with Crippen LogP contribution >= 0.6 is 23.5 Å². The number of carbonyl (C=O) groups is 2. The third-order valence-corrected chi connectivity index (χ3v) is 5.31. The van der Waals surface area contributed by atoms with Gasteiger partial charge in [0.05, 0.1) is 11.0 Å². The lowest BCUT2D eigenvalue weighted by molar-refractivity contribution is -0.118. The number of benzene rings is 1.